The summed E-state index contributed by atoms with van der Waals surface area (Å²) in [4.78, 5) is 22.1. The third-order valence-corrected chi connectivity index (χ3v) is 11.3. The summed E-state index contributed by atoms with van der Waals surface area (Å²) in [6, 6.07) is 21.3. The molecule has 3 aliphatic rings. The van der Waals surface area contributed by atoms with Crippen molar-refractivity contribution in [2.24, 2.45) is 5.14 Å². The molecule has 3 fully saturated rings. The molecular formula is C34H37ClFN5O4S. The van der Waals surface area contributed by atoms with E-state index in [1.165, 1.54) is 5.52 Å². The highest BCUT2D eigenvalue weighted by molar-refractivity contribution is 7.89. The van der Waals surface area contributed by atoms with Crippen LogP contribution < -0.4 is 5.14 Å². The maximum Gasteiger partial charge on any atom is 0.255 e. The van der Waals surface area contributed by atoms with E-state index >= 15 is 0 Å². The predicted octanol–water partition coefficient (Wildman–Crippen LogP) is 5.41. The number of rotatable bonds is 7. The molecule has 2 N–H and O–H groups in total. The van der Waals surface area contributed by atoms with E-state index in [2.05, 4.69) is 34.6 Å². The summed E-state index contributed by atoms with van der Waals surface area (Å²) in [6.07, 6.45) is 5.05. The van der Waals surface area contributed by atoms with Gasteiger partial charge >= 0.3 is 0 Å². The summed E-state index contributed by atoms with van der Waals surface area (Å²) in [5.74, 6) is -0.540. The van der Waals surface area contributed by atoms with E-state index in [4.69, 9.17) is 26.5 Å². The number of amides is 1. The first kappa shape index (κ1) is 31.3. The average molecular weight is 666 g/mol. The molecule has 0 aliphatic carbocycles. The molecule has 3 saturated heterocycles. The van der Waals surface area contributed by atoms with Gasteiger partial charge in [-0.05, 0) is 68.9 Å². The Morgan fingerprint density at radius 1 is 1.07 bits per heavy atom. The zero-order valence-corrected chi connectivity index (χ0v) is 27.2. The fourth-order valence-corrected chi connectivity index (χ4v) is 8.85. The molecule has 3 atom stereocenters. The van der Waals surface area contributed by atoms with Gasteiger partial charge in [0.1, 0.15) is 22.1 Å². The Morgan fingerprint density at radius 3 is 2.48 bits per heavy atom. The van der Waals surface area contributed by atoms with Crippen molar-refractivity contribution in [3.63, 3.8) is 0 Å². The summed E-state index contributed by atoms with van der Waals surface area (Å²) >= 11 is 6.28. The Bertz CT molecular complexity index is 1890. The summed E-state index contributed by atoms with van der Waals surface area (Å²) in [5.41, 5.74) is 2.29. The number of nitrogens with zero attached hydrogens (tertiary/aromatic N) is 4. The van der Waals surface area contributed by atoms with Gasteiger partial charge < -0.3 is 14.2 Å². The largest absolute Gasteiger partial charge is 0.367 e. The van der Waals surface area contributed by atoms with E-state index in [0.29, 0.717) is 24.5 Å². The van der Waals surface area contributed by atoms with Crippen LogP contribution in [0, 0.1) is 12.7 Å². The van der Waals surface area contributed by atoms with Crippen LogP contribution >= 0.6 is 11.6 Å². The highest BCUT2D eigenvalue weighted by Gasteiger charge is 2.45. The molecule has 0 saturated carbocycles. The molecule has 2 bridgehead atoms. The minimum atomic E-state index is -4.40. The SMILES string of the molecule is Cc1nc2ccccc2n1C1CC2CCC(C1)N2CCC1(c2ccccc2)CN(C(=O)c2cc(S(N)(=O)=O)c(F)cc2Cl)CCO1. The molecule has 46 heavy (non-hydrogen) atoms. The molecule has 0 spiro atoms. The number of hydrogen-bond donors (Lipinski definition) is 1. The number of fused-ring (bicyclic) bond motifs is 3. The van der Waals surface area contributed by atoms with Crippen molar-refractivity contribution in [2.45, 2.75) is 67.6 Å². The summed E-state index contributed by atoms with van der Waals surface area (Å²) in [6.45, 7) is 3.69. The molecule has 4 heterocycles. The number of piperidine rings is 1. The smallest absolute Gasteiger partial charge is 0.255 e. The van der Waals surface area contributed by atoms with Gasteiger partial charge in [0.05, 0.1) is 34.8 Å². The van der Waals surface area contributed by atoms with Gasteiger partial charge in [-0.25, -0.2) is 22.9 Å². The molecule has 3 aromatic carbocycles. The van der Waals surface area contributed by atoms with Crippen molar-refractivity contribution in [3.05, 3.63) is 94.5 Å². The maximum atomic E-state index is 14.4. The van der Waals surface area contributed by atoms with Crippen LogP contribution in [-0.4, -0.2) is 72.0 Å². The minimum Gasteiger partial charge on any atom is -0.367 e. The lowest BCUT2D eigenvalue weighted by Crippen LogP contribution is -2.54. The topological polar surface area (TPSA) is 111 Å². The maximum absolute atomic E-state index is 14.4. The lowest BCUT2D eigenvalue weighted by atomic mass is 9.87. The number of benzene rings is 3. The van der Waals surface area contributed by atoms with Crippen LogP contribution in [0.3, 0.4) is 0 Å². The Balaban J connectivity index is 1.13. The number of hydrogen-bond acceptors (Lipinski definition) is 6. The van der Waals surface area contributed by atoms with E-state index < -0.39 is 32.2 Å². The van der Waals surface area contributed by atoms with Crippen LogP contribution in [0.15, 0.2) is 71.6 Å². The fourth-order valence-electron chi connectivity index (χ4n) is 8.01. The molecule has 1 aromatic heterocycles. The summed E-state index contributed by atoms with van der Waals surface area (Å²) < 4.78 is 47.4. The van der Waals surface area contributed by atoms with Crippen LogP contribution in [0.4, 0.5) is 4.39 Å². The third-order valence-electron chi connectivity index (χ3n) is 10.1. The number of aromatic nitrogens is 2. The van der Waals surface area contributed by atoms with Gasteiger partial charge in [0.15, 0.2) is 0 Å². The van der Waals surface area contributed by atoms with Crippen molar-refractivity contribution in [3.8, 4) is 0 Å². The van der Waals surface area contributed by atoms with Gasteiger partial charge in [-0.2, -0.15) is 0 Å². The number of ether oxygens (including phenoxy) is 1. The lowest BCUT2D eigenvalue weighted by Gasteiger charge is -2.46. The van der Waals surface area contributed by atoms with E-state index in [1.54, 1.807) is 4.90 Å². The van der Waals surface area contributed by atoms with Gasteiger partial charge in [0.2, 0.25) is 10.0 Å². The van der Waals surface area contributed by atoms with Crippen molar-refractivity contribution in [1.29, 1.82) is 0 Å². The molecule has 12 heteroatoms. The number of carbonyl (C=O) groups excluding carboxylic acids is 1. The first-order valence-corrected chi connectivity index (χ1v) is 17.7. The van der Waals surface area contributed by atoms with Gasteiger partial charge in [-0.1, -0.05) is 54.1 Å². The molecule has 242 valence electrons. The van der Waals surface area contributed by atoms with Crippen molar-refractivity contribution < 1.29 is 22.3 Å². The Morgan fingerprint density at radius 2 is 1.76 bits per heavy atom. The first-order valence-electron chi connectivity index (χ1n) is 15.7. The second kappa shape index (κ2) is 12.0. The fraction of sp³-hybridized carbons (Fsp3) is 0.412. The average Bonchev–Trinajstić information content (AvgIpc) is 3.49. The molecule has 7 rings (SSSR count). The van der Waals surface area contributed by atoms with Gasteiger partial charge in [0, 0.05) is 31.2 Å². The molecule has 4 aromatic rings. The van der Waals surface area contributed by atoms with Crippen LogP contribution in [0.25, 0.3) is 11.0 Å². The van der Waals surface area contributed by atoms with Crippen molar-refractivity contribution in [1.82, 2.24) is 19.4 Å². The summed E-state index contributed by atoms with van der Waals surface area (Å²) in [5, 5.41) is 5.04. The monoisotopic (exact) mass is 665 g/mol. The number of carbonyl (C=O) groups is 1. The van der Waals surface area contributed by atoms with E-state index in [0.717, 1.165) is 61.3 Å². The first-order chi connectivity index (χ1) is 22.0. The Labute approximate surface area is 273 Å². The van der Waals surface area contributed by atoms with E-state index in [1.807, 2.05) is 36.4 Å². The number of halogens is 2. The quantitative estimate of drug-likeness (QED) is 0.283. The summed E-state index contributed by atoms with van der Waals surface area (Å²) in [7, 11) is -4.40. The zero-order chi connectivity index (χ0) is 32.2. The van der Waals surface area contributed by atoms with Crippen LogP contribution in [0.5, 0.6) is 0 Å². The van der Waals surface area contributed by atoms with E-state index in [-0.39, 0.29) is 30.3 Å². The highest BCUT2D eigenvalue weighted by Crippen LogP contribution is 2.44. The lowest BCUT2D eigenvalue weighted by molar-refractivity contribution is -0.115. The number of para-hydroxylation sites is 2. The number of nitrogens with two attached hydrogens (primary N) is 1. The third kappa shape index (κ3) is 5.62. The predicted molar refractivity (Wildman–Crippen MR) is 174 cm³/mol. The number of aryl methyl sites for hydroxylation is 1. The van der Waals surface area contributed by atoms with Crippen LogP contribution in [0.1, 0.15) is 59.9 Å². The Kier molecular flexibility index (Phi) is 8.17. The van der Waals surface area contributed by atoms with E-state index in [9.17, 15) is 17.6 Å². The molecule has 9 nitrogen and oxygen atoms in total. The van der Waals surface area contributed by atoms with Crippen molar-refractivity contribution in [2.75, 3.05) is 26.2 Å². The van der Waals surface area contributed by atoms with Crippen LogP contribution in [0.2, 0.25) is 5.02 Å². The minimum absolute atomic E-state index is 0.113. The molecular weight excluding hydrogens is 629 g/mol. The standard InChI is InChI=1S/C34H37ClFN5O4S/c1-22-38-30-9-5-6-10-31(30)41(22)26-17-24-11-12-25(18-26)40(24)14-13-34(23-7-3-2-4-8-23)21-39(15-16-45-34)33(42)27-19-32(46(37,43)44)29(36)20-28(27)35/h2-10,19-20,24-26H,11-18,21H2,1H3,(H2,37,43,44). The second-order valence-electron chi connectivity index (χ2n) is 12.8. The molecule has 1 amide bonds. The number of imidazole rings is 1. The molecule has 3 unspecified atom stereocenters. The molecule has 3 aliphatic heterocycles. The number of morpholine rings is 1. The molecule has 0 radical (unpaired) electrons. The highest BCUT2D eigenvalue weighted by atomic mass is 35.5. The van der Waals surface area contributed by atoms with Gasteiger partial charge in [-0.15, -0.1) is 0 Å². The normalized spacial score (nSPS) is 25.3. The van der Waals surface area contributed by atoms with Crippen molar-refractivity contribution >= 4 is 38.6 Å². The second-order valence-corrected chi connectivity index (χ2v) is 14.7. The number of primary sulfonamides is 1. The number of sulfonamides is 1. The van der Waals surface area contributed by atoms with Crippen LogP contribution in [-0.2, 0) is 20.4 Å². The zero-order valence-electron chi connectivity index (χ0n) is 25.6. The van der Waals surface area contributed by atoms with Gasteiger partial charge in [-0.3, -0.25) is 9.69 Å². The van der Waals surface area contributed by atoms with Gasteiger partial charge in [0.25, 0.3) is 5.91 Å². The Hall–Kier alpha value is -3.35.